The van der Waals surface area contributed by atoms with E-state index in [4.69, 9.17) is 10.7 Å². The van der Waals surface area contributed by atoms with Crippen LogP contribution in [0.5, 0.6) is 0 Å². The Morgan fingerprint density at radius 2 is 2.05 bits per heavy atom. The van der Waals surface area contributed by atoms with Crippen LogP contribution in [0.1, 0.15) is 35.5 Å². The van der Waals surface area contributed by atoms with E-state index >= 15 is 0 Å². The van der Waals surface area contributed by atoms with Crippen molar-refractivity contribution in [3.05, 3.63) is 40.8 Å². The zero-order chi connectivity index (χ0) is 13.4. The van der Waals surface area contributed by atoms with E-state index in [0.29, 0.717) is 6.54 Å². The zero-order valence-electron chi connectivity index (χ0n) is 11.7. The van der Waals surface area contributed by atoms with Crippen LogP contribution >= 0.6 is 0 Å². The summed E-state index contributed by atoms with van der Waals surface area (Å²) in [4.78, 5) is 4.85. The van der Waals surface area contributed by atoms with Crippen molar-refractivity contribution in [3.8, 4) is 11.3 Å². The second-order valence-electron chi connectivity index (χ2n) is 5.44. The lowest BCUT2D eigenvalue weighted by molar-refractivity contribution is 0.508. The first kappa shape index (κ1) is 12.4. The van der Waals surface area contributed by atoms with Crippen LogP contribution in [0.15, 0.2) is 18.2 Å². The molecule has 1 aromatic heterocycles. The predicted octanol–water partition coefficient (Wildman–Crippen LogP) is 2.96. The lowest BCUT2D eigenvalue weighted by Crippen LogP contribution is -2.15. The fourth-order valence-electron chi connectivity index (χ4n) is 2.87. The van der Waals surface area contributed by atoms with Gasteiger partial charge in [-0.25, -0.2) is 4.98 Å². The Morgan fingerprint density at radius 3 is 2.79 bits per heavy atom. The SMILES string of the molecule is Cc1ccc(-c2nc3n(c2CN)CCCC3)cc1C. The average molecular weight is 255 g/mol. The first-order valence-corrected chi connectivity index (χ1v) is 7.06. The van der Waals surface area contributed by atoms with E-state index in [1.165, 1.54) is 41.1 Å². The molecule has 3 rings (SSSR count). The topological polar surface area (TPSA) is 43.8 Å². The van der Waals surface area contributed by atoms with Crippen LogP contribution in [0.25, 0.3) is 11.3 Å². The van der Waals surface area contributed by atoms with Crippen LogP contribution in [-0.2, 0) is 19.5 Å². The smallest absolute Gasteiger partial charge is 0.109 e. The van der Waals surface area contributed by atoms with Crippen LogP contribution in [0, 0.1) is 13.8 Å². The van der Waals surface area contributed by atoms with Crippen molar-refractivity contribution in [1.29, 1.82) is 0 Å². The van der Waals surface area contributed by atoms with Crippen LogP contribution in [0.2, 0.25) is 0 Å². The third-order valence-corrected chi connectivity index (χ3v) is 4.16. The molecule has 2 aromatic rings. The van der Waals surface area contributed by atoms with Gasteiger partial charge >= 0.3 is 0 Å². The molecule has 0 atom stereocenters. The van der Waals surface area contributed by atoms with E-state index in [9.17, 15) is 0 Å². The Labute approximate surface area is 114 Å². The second kappa shape index (κ2) is 4.82. The highest BCUT2D eigenvalue weighted by Crippen LogP contribution is 2.28. The summed E-state index contributed by atoms with van der Waals surface area (Å²) >= 11 is 0. The summed E-state index contributed by atoms with van der Waals surface area (Å²) in [5, 5.41) is 0. The molecule has 0 bridgehead atoms. The molecule has 0 saturated carbocycles. The molecule has 1 aliphatic heterocycles. The quantitative estimate of drug-likeness (QED) is 0.896. The molecule has 0 amide bonds. The molecule has 19 heavy (non-hydrogen) atoms. The van der Waals surface area contributed by atoms with Gasteiger partial charge in [-0.15, -0.1) is 0 Å². The number of hydrogen-bond acceptors (Lipinski definition) is 2. The molecule has 0 unspecified atom stereocenters. The second-order valence-corrected chi connectivity index (χ2v) is 5.44. The summed E-state index contributed by atoms with van der Waals surface area (Å²) in [5.41, 5.74) is 12.1. The standard InChI is InChI=1S/C16H21N3/c1-11-6-7-13(9-12(11)2)16-14(10-17)19-8-4-3-5-15(19)18-16/h6-7,9H,3-5,8,10,17H2,1-2H3. The lowest BCUT2D eigenvalue weighted by atomic mass is 10.0. The van der Waals surface area contributed by atoms with Crippen LogP contribution in [-0.4, -0.2) is 9.55 Å². The zero-order valence-corrected chi connectivity index (χ0v) is 11.7. The van der Waals surface area contributed by atoms with Crippen molar-refractivity contribution in [2.45, 2.75) is 46.2 Å². The monoisotopic (exact) mass is 255 g/mol. The van der Waals surface area contributed by atoms with Crippen molar-refractivity contribution in [3.63, 3.8) is 0 Å². The number of nitrogens with zero attached hydrogens (tertiary/aromatic N) is 2. The van der Waals surface area contributed by atoms with Gasteiger partial charge < -0.3 is 10.3 Å². The highest BCUT2D eigenvalue weighted by atomic mass is 15.1. The van der Waals surface area contributed by atoms with Crippen molar-refractivity contribution in [1.82, 2.24) is 9.55 Å². The number of aromatic nitrogens is 2. The van der Waals surface area contributed by atoms with E-state index in [1.807, 2.05) is 0 Å². The Kier molecular flexibility index (Phi) is 3.15. The Morgan fingerprint density at radius 1 is 1.21 bits per heavy atom. The summed E-state index contributed by atoms with van der Waals surface area (Å²) in [7, 11) is 0. The highest BCUT2D eigenvalue weighted by molar-refractivity contribution is 5.64. The van der Waals surface area contributed by atoms with E-state index in [1.54, 1.807) is 0 Å². The fourth-order valence-corrected chi connectivity index (χ4v) is 2.87. The third kappa shape index (κ3) is 2.08. The van der Waals surface area contributed by atoms with Gasteiger partial charge in [-0.1, -0.05) is 12.1 Å². The molecule has 0 radical (unpaired) electrons. The largest absolute Gasteiger partial charge is 0.330 e. The van der Waals surface area contributed by atoms with E-state index in [-0.39, 0.29) is 0 Å². The maximum atomic E-state index is 5.96. The molecule has 0 spiro atoms. The molecule has 1 aromatic carbocycles. The number of imidazole rings is 1. The molecular weight excluding hydrogens is 234 g/mol. The Bertz CT molecular complexity index is 611. The maximum absolute atomic E-state index is 5.96. The molecular formula is C16H21N3. The third-order valence-electron chi connectivity index (χ3n) is 4.16. The summed E-state index contributed by atoms with van der Waals surface area (Å²) in [6, 6.07) is 6.56. The molecule has 100 valence electrons. The number of hydrogen-bond donors (Lipinski definition) is 1. The maximum Gasteiger partial charge on any atom is 0.109 e. The van der Waals surface area contributed by atoms with E-state index in [2.05, 4.69) is 36.6 Å². The summed E-state index contributed by atoms with van der Waals surface area (Å²) in [6.45, 7) is 5.92. The molecule has 0 aliphatic carbocycles. The minimum atomic E-state index is 0.565. The van der Waals surface area contributed by atoms with Gasteiger partial charge in [0.15, 0.2) is 0 Å². The summed E-state index contributed by atoms with van der Waals surface area (Å²) in [6.07, 6.45) is 3.56. The van der Waals surface area contributed by atoms with E-state index in [0.717, 1.165) is 18.7 Å². The van der Waals surface area contributed by atoms with Gasteiger partial charge in [-0.2, -0.15) is 0 Å². The van der Waals surface area contributed by atoms with Crippen LogP contribution < -0.4 is 5.73 Å². The van der Waals surface area contributed by atoms with Gasteiger partial charge in [0, 0.05) is 25.1 Å². The number of fused-ring (bicyclic) bond motifs is 1. The number of aryl methyl sites for hydroxylation is 3. The first-order chi connectivity index (χ1) is 9.20. The molecule has 2 N–H and O–H groups in total. The van der Waals surface area contributed by atoms with Crippen molar-refractivity contribution in [2.24, 2.45) is 5.73 Å². The normalized spacial score (nSPS) is 14.5. The molecule has 0 saturated heterocycles. The molecule has 2 heterocycles. The van der Waals surface area contributed by atoms with Gasteiger partial charge in [0.25, 0.3) is 0 Å². The Hall–Kier alpha value is -1.61. The van der Waals surface area contributed by atoms with Gasteiger partial charge in [-0.3, -0.25) is 0 Å². The van der Waals surface area contributed by atoms with Crippen molar-refractivity contribution >= 4 is 0 Å². The van der Waals surface area contributed by atoms with Crippen LogP contribution in [0.4, 0.5) is 0 Å². The molecule has 3 nitrogen and oxygen atoms in total. The van der Waals surface area contributed by atoms with Crippen molar-refractivity contribution in [2.75, 3.05) is 0 Å². The number of benzene rings is 1. The number of rotatable bonds is 2. The highest BCUT2D eigenvalue weighted by Gasteiger charge is 2.19. The van der Waals surface area contributed by atoms with Gasteiger partial charge in [0.1, 0.15) is 5.82 Å². The fraction of sp³-hybridized carbons (Fsp3) is 0.438. The first-order valence-electron chi connectivity index (χ1n) is 7.06. The molecule has 0 fully saturated rings. The minimum Gasteiger partial charge on any atom is -0.330 e. The number of nitrogens with two attached hydrogens (primary N) is 1. The molecule has 1 aliphatic rings. The summed E-state index contributed by atoms with van der Waals surface area (Å²) < 4.78 is 2.33. The predicted molar refractivity (Wildman–Crippen MR) is 78.0 cm³/mol. The van der Waals surface area contributed by atoms with Gasteiger partial charge in [-0.05, 0) is 43.9 Å². The summed E-state index contributed by atoms with van der Waals surface area (Å²) in [5.74, 6) is 1.21. The van der Waals surface area contributed by atoms with Gasteiger partial charge in [0.2, 0.25) is 0 Å². The molecule has 3 heteroatoms. The Balaban J connectivity index is 2.13. The van der Waals surface area contributed by atoms with Crippen LogP contribution in [0.3, 0.4) is 0 Å². The van der Waals surface area contributed by atoms with Crippen molar-refractivity contribution < 1.29 is 0 Å². The minimum absolute atomic E-state index is 0.565. The lowest BCUT2D eigenvalue weighted by Gasteiger charge is -2.15. The van der Waals surface area contributed by atoms with E-state index < -0.39 is 0 Å². The van der Waals surface area contributed by atoms with Gasteiger partial charge in [0.05, 0.1) is 11.4 Å². The average Bonchev–Trinajstić information content (AvgIpc) is 2.80.